The van der Waals surface area contributed by atoms with Gasteiger partial charge in [-0.2, -0.15) is 0 Å². The molecule has 3 saturated carbocycles. The molecule has 0 heterocycles. The van der Waals surface area contributed by atoms with Gasteiger partial charge in [-0.15, -0.1) is 0 Å². The Bertz CT molecular complexity index is 1660. The minimum absolute atomic E-state index is 0.00620. The molecule has 2 aromatic carbocycles. The molecule has 0 amide bonds. The summed E-state index contributed by atoms with van der Waals surface area (Å²) < 4.78 is 9.44. The molecule has 0 aliphatic heterocycles. The van der Waals surface area contributed by atoms with Crippen LogP contribution in [0.4, 0.5) is 0 Å². The number of fused-ring (bicyclic) bond motifs is 5. The maximum absolute atomic E-state index is 12.4. The highest BCUT2D eigenvalue weighted by molar-refractivity contribution is 6.01. The lowest BCUT2D eigenvalue weighted by molar-refractivity contribution is -0.180. The summed E-state index contributed by atoms with van der Waals surface area (Å²) in [7, 11) is 1.31. The number of rotatable bonds is 7. The minimum atomic E-state index is -1.57. The number of Topliss-reactive ketones (excluding diaryl/α,β-unsaturated/α-hetero) is 1. The Morgan fingerprint density at radius 3 is 2.06 bits per heavy atom. The summed E-state index contributed by atoms with van der Waals surface area (Å²) in [4.78, 5) is 46.5. The zero-order chi connectivity index (χ0) is 38.4. The smallest absolute Gasteiger partial charge is 0.338 e. The lowest BCUT2D eigenvalue weighted by Crippen LogP contribution is -2.62. The highest BCUT2D eigenvalue weighted by Gasteiger charge is 2.68. The normalized spacial score (nSPS) is 31.2. The van der Waals surface area contributed by atoms with Gasteiger partial charge in [-0.3, -0.25) is 9.59 Å². The molecule has 8 atom stereocenters. The number of phenolic OH excluding ortho intramolecular Hbond substituents is 2. The van der Waals surface area contributed by atoms with Crippen molar-refractivity contribution in [1.82, 2.24) is 0 Å². The van der Waals surface area contributed by atoms with E-state index in [1.807, 2.05) is 19.9 Å². The van der Waals surface area contributed by atoms with Crippen LogP contribution < -0.4 is 0 Å². The van der Waals surface area contributed by atoms with Gasteiger partial charge in [-0.05, 0) is 111 Å². The van der Waals surface area contributed by atoms with Gasteiger partial charge in [0.05, 0.1) is 30.9 Å². The number of benzene rings is 2. The van der Waals surface area contributed by atoms with E-state index in [4.69, 9.17) is 14.9 Å². The van der Waals surface area contributed by atoms with Crippen molar-refractivity contribution >= 4 is 23.5 Å². The molecule has 5 N–H and O–H groups in total. The van der Waals surface area contributed by atoms with Gasteiger partial charge in [-0.1, -0.05) is 45.8 Å². The lowest BCUT2D eigenvalue weighted by Gasteiger charge is -2.60. The first kappa shape index (κ1) is 40.5. The Kier molecular flexibility index (Phi) is 12.9. The number of allylic oxidation sites excluding steroid dienone is 4. The van der Waals surface area contributed by atoms with Gasteiger partial charge in [0.2, 0.25) is 0 Å². The molecule has 0 bridgehead atoms. The topological polar surface area (TPSA) is 188 Å². The van der Waals surface area contributed by atoms with Crippen molar-refractivity contribution in [2.24, 2.45) is 34.5 Å². The third-order valence-corrected chi connectivity index (χ3v) is 11.7. The van der Waals surface area contributed by atoms with Crippen molar-refractivity contribution in [2.45, 2.75) is 77.9 Å². The fraction of sp³-hybridized carbons (Fsp3) is 0.512. The van der Waals surface area contributed by atoms with Crippen molar-refractivity contribution < 1.29 is 54.2 Å². The van der Waals surface area contributed by atoms with Crippen LogP contribution in [0, 0.1) is 34.5 Å². The van der Waals surface area contributed by atoms with E-state index in [9.17, 15) is 34.5 Å². The Balaban J connectivity index is 0.000000202. The molecule has 3 fully saturated rings. The largest absolute Gasteiger partial charge is 0.508 e. The first-order valence-corrected chi connectivity index (χ1v) is 17.9. The van der Waals surface area contributed by atoms with Crippen LogP contribution in [0.15, 0.2) is 72.3 Å². The summed E-state index contributed by atoms with van der Waals surface area (Å²) in [5.41, 5.74) is -0.683. The van der Waals surface area contributed by atoms with E-state index in [2.05, 4.69) is 18.6 Å². The second-order valence-corrected chi connectivity index (χ2v) is 14.8. The summed E-state index contributed by atoms with van der Waals surface area (Å²) in [6.07, 6.45) is 8.75. The standard InChI is InChI=1S/C22H30O5.C11H14O3.C8H8O3/c1-12-8-14-15-5-7-22(27,18(26)11-23)21(15,3)10-17(25)19(14)20(2)6-4-13(24)9-16(12)20;1-2-3-8-14-11(13)9-4-6-10(12)7-5-9;1-11-8(10)6-2-4-7(9)5-3-6/h4,6,9,12,14-15,17,19,23,25,27H,5,7-8,10-11H2,1-3H3;4-7,12H,2-3,8H2,1H3;2-5,9H,1H3/t12-,14-,15-,17-,19+,20-,21-,22-;;/m0../s1. The van der Waals surface area contributed by atoms with Crippen LogP contribution in [0.3, 0.4) is 0 Å². The molecule has 6 rings (SSSR count). The van der Waals surface area contributed by atoms with Gasteiger partial charge >= 0.3 is 11.9 Å². The van der Waals surface area contributed by atoms with E-state index >= 15 is 0 Å². The van der Waals surface area contributed by atoms with Gasteiger partial charge in [0.15, 0.2) is 11.6 Å². The van der Waals surface area contributed by atoms with E-state index < -0.39 is 35.5 Å². The third-order valence-electron chi connectivity index (χ3n) is 11.7. The average molecular weight is 721 g/mol. The number of ether oxygens (including phenoxy) is 2. The number of aliphatic hydroxyl groups excluding tert-OH is 2. The molecule has 0 unspecified atom stereocenters. The predicted molar refractivity (Wildman–Crippen MR) is 192 cm³/mol. The van der Waals surface area contributed by atoms with Gasteiger partial charge < -0.3 is 35.0 Å². The molecule has 0 radical (unpaired) electrons. The van der Waals surface area contributed by atoms with Crippen LogP contribution in [0.1, 0.15) is 86.9 Å². The van der Waals surface area contributed by atoms with Crippen LogP contribution in [-0.4, -0.2) is 81.1 Å². The van der Waals surface area contributed by atoms with Crippen LogP contribution in [-0.2, 0) is 19.1 Å². The zero-order valence-electron chi connectivity index (χ0n) is 30.6. The number of ketones is 2. The van der Waals surface area contributed by atoms with E-state index in [0.29, 0.717) is 30.6 Å². The molecule has 2 aromatic rings. The van der Waals surface area contributed by atoms with Crippen LogP contribution in [0.25, 0.3) is 0 Å². The maximum Gasteiger partial charge on any atom is 0.338 e. The summed E-state index contributed by atoms with van der Waals surface area (Å²) in [6, 6.07) is 11.9. The molecule has 11 heteroatoms. The van der Waals surface area contributed by atoms with Gasteiger partial charge in [0.1, 0.15) is 23.7 Å². The highest BCUT2D eigenvalue weighted by Crippen LogP contribution is 2.67. The Labute approximate surface area is 305 Å². The fourth-order valence-corrected chi connectivity index (χ4v) is 9.05. The molecule has 11 nitrogen and oxygen atoms in total. The van der Waals surface area contributed by atoms with Crippen LogP contribution in [0.5, 0.6) is 11.5 Å². The van der Waals surface area contributed by atoms with E-state index in [0.717, 1.165) is 31.3 Å². The Morgan fingerprint density at radius 1 is 0.942 bits per heavy atom. The zero-order valence-corrected chi connectivity index (χ0v) is 30.6. The second-order valence-electron chi connectivity index (χ2n) is 14.8. The average Bonchev–Trinajstić information content (AvgIpc) is 3.39. The molecule has 282 valence electrons. The Morgan fingerprint density at radius 2 is 1.52 bits per heavy atom. The molecule has 0 spiro atoms. The van der Waals surface area contributed by atoms with Crippen molar-refractivity contribution in [1.29, 1.82) is 0 Å². The van der Waals surface area contributed by atoms with Gasteiger partial charge in [0.25, 0.3) is 0 Å². The molecule has 0 aromatic heterocycles. The van der Waals surface area contributed by atoms with Gasteiger partial charge in [-0.25, -0.2) is 9.59 Å². The summed E-state index contributed by atoms with van der Waals surface area (Å²) in [6.45, 7) is 7.97. The van der Waals surface area contributed by atoms with Crippen molar-refractivity contribution in [3.63, 3.8) is 0 Å². The molecule has 52 heavy (non-hydrogen) atoms. The quantitative estimate of drug-likeness (QED) is 0.184. The maximum atomic E-state index is 12.4. The number of hydrogen-bond donors (Lipinski definition) is 5. The summed E-state index contributed by atoms with van der Waals surface area (Å²) >= 11 is 0. The van der Waals surface area contributed by atoms with Crippen molar-refractivity contribution in [3.8, 4) is 11.5 Å². The number of carbonyl (C=O) groups is 4. The number of aromatic hydroxyl groups is 2. The van der Waals surface area contributed by atoms with Gasteiger partial charge in [0, 0.05) is 16.7 Å². The number of unbranched alkanes of at least 4 members (excludes halogenated alkanes) is 1. The summed E-state index contributed by atoms with van der Waals surface area (Å²) in [5, 5.41) is 49.7. The molecule has 4 aliphatic carbocycles. The number of aliphatic hydroxyl groups is 3. The van der Waals surface area contributed by atoms with E-state index in [1.54, 1.807) is 24.3 Å². The van der Waals surface area contributed by atoms with E-state index in [-0.39, 0.29) is 52.3 Å². The number of phenols is 2. The fourth-order valence-electron chi connectivity index (χ4n) is 9.05. The van der Waals surface area contributed by atoms with Crippen LogP contribution in [0.2, 0.25) is 0 Å². The van der Waals surface area contributed by atoms with Crippen molar-refractivity contribution in [3.05, 3.63) is 83.5 Å². The molecular weight excluding hydrogens is 668 g/mol. The molecule has 0 saturated heterocycles. The lowest BCUT2D eigenvalue weighted by atomic mass is 9.45. The first-order valence-electron chi connectivity index (χ1n) is 17.9. The monoisotopic (exact) mass is 720 g/mol. The van der Waals surface area contributed by atoms with Crippen LogP contribution >= 0.6 is 0 Å². The number of carbonyl (C=O) groups excluding carboxylic acids is 4. The predicted octanol–water partition coefficient (Wildman–Crippen LogP) is 5.33. The number of hydrogen-bond acceptors (Lipinski definition) is 11. The second kappa shape index (κ2) is 16.6. The van der Waals surface area contributed by atoms with E-state index in [1.165, 1.54) is 43.5 Å². The number of esters is 2. The highest BCUT2D eigenvalue weighted by atomic mass is 16.5. The summed E-state index contributed by atoms with van der Waals surface area (Å²) in [5.74, 6) is -0.525. The molecular formula is C41H52O11. The molecule has 4 aliphatic rings. The third kappa shape index (κ3) is 8.01. The SMILES string of the molecule is CCCCOC(=O)c1ccc(O)cc1.COC(=O)c1ccc(O)cc1.C[C@H]1C[C@@H]2[C@H]([C@@H](O)C[C@@]3(C)[C@H]2CC[C@]3(O)C(=O)CO)[C@@]2(C)C=CC(=O)C=C12. The Hall–Kier alpha value is -4.32. The number of methoxy groups -OCH3 is 1. The minimum Gasteiger partial charge on any atom is -0.508 e. The van der Waals surface area contributed by atoms with Crippen molar-refractivity contribution in [2.75, 3.05) is 20.3 Å². The first-order chi connectivity index (χ1) is 24.6.